The van der Waals surface area contributed by atoms with Gasteiger partial charge >= 0.3 is 0 Å². The Labute approximate surface area is 193 Å². The summed E-state index contributed by atoms with van der Waals surface area (Å²) in [7, 11) is 0. The zero-order valence-corrected chi connectivity index (χ0v) is 18.2. The number of nitrogens with zero attached hydrogens (tertiary/aromatic N) is 3. The van der Waals surface area contributed by atoms with E-state index in [1.165, 1.54) is 0 Å². The van der Waals surface area contributed by atoms with Crippen LogP contribution in [0.1, 0.15) is 0 Å². The zero-order valence-electron chi connectivity index (χ0n) is 16.7. The fraction of sp³-hybridized carbons (Fsp3) is 0.0435. The fourth-order valence-corrected chi connectivity index (χ4v) is 3.75. The predicted molar refractivity (Wildman–Crippen MR) is 128 cm³/mol. The Bertz CT molecular complexity index is 1430. The van der Waals surface area contributed by atoms with Crippen molar-refractivity contribution in [2.45, 2.75) is 6.54 Å². The topological polar surface area (TPSA) is 91.4 Å². The van der Waals surface area contributed by atoms with E-state index in [9.17, 15) is 4.79 Å². The van der Waals surface area contributed by atoms with Crippen molar-refractivity contribution in [3.63, 3.8) is 0 Å². The number of carbonyl (C=O) groups is 1. The van der Waals surface area contributed by atoms with Gasteiger partial charge in [0.05, 0.1) is 11.0 Å². The van der Waals surface area contributed by atoms with Crippen molar-refractivity contribution in [1.29, 1.82) is 0 Å². The van der Waals surface area contributed by atoms with Gasteiger partial charge < -0.3 is 10.3 Å². The number of imidazole rings is 1. The number of anilines is 1. The van der Waals surface area contributed by atoms with Crippen LogP contribution in [0.25, 0.3) is 33.8 Å². The van der Waals surface area contributed by atoms with Crippen LogP contribution in [0.4, 0.5) is 5.69 Å². The van der Waals surface area contributed by atoms with Gasteiger partial charge in [0, 0.05) is 21.8 Å². The Balaban J connectivity index is 1.31. The van der Waals surface area contributed by atoms with Crippen LogP contribution >= 0.6 is 23.8 Å². The lowest BCUT2D eigenvalue weighted by atomic mass is 10.2. The number of hydrogen-bond donors (Lipinski definition) is 3. The molecule has 5 aromatic rings. The minimum Gasteiger partial charge on any atom is -0.338 e. The van der Waals surface area contributed by atoms with Gasteiger partial charge in [-0.05, 0) is 72.9 Å². The summed E-state index contributed by atoms with van der Waals surface area (Å²) < 4.78 is 2.02. The molecule has 0 saturated carbocycles. The van der Waals surface area contributed by atoms with E-state index in [0.29, 0.717) is 21.3 Å². The molecule has 0 saturated heterocycles. The van der Waals surface area contributed by atoms with Gasteiger partial charge in [-0.2, -0.15) is 5.10 Å². The normalized spacial score (nSPS) is 11.0. The Morgan fingerprint density at radius 2 is 1.72 bits per heavy atom. The summed E-state index contributed by atoms with van der Waals surface area (Å²) in [4.78, 5) is 20.6. The van der Waals surface area contributed by atoms with Gasteiger partial charge in [0.1, 0.15) is 12.4 Å². The van der Waals surface area contributed by atoms with Crippen LogP contribution in [-0.4, -0.2) is 30.6 Å². The highest BCUT2D eigenvalue weighted by atomic mass is 35.5. The Morgan fingerprint density at radius 3 is 2.47 bits per heavy atom. The molecular formula is C23H17ClN6OS. The SMILES string of the molecule is O=C(Cn1c(-c2ccc(Cl)cc2)n[nH]c1=S)Nc1ccc(-c2nc3ccccc3[nH]2)cc1. The van der Waals surface area contributed by atoms with Gasteiger partial charge in [0.25, 0.3) is 0 Å². The van der Waals surface area contributed by atoms with E-state index in [2.05, 4.69) is 25.5 Å². The summed E-state index contributed by atoms with van der Waals surface area (Å²) in [6.07, 6.45) is 0. The molecule has 3 N–H and O–H groups in total. The molecule has 1 amide bonds. The number of nitrogens with one attached hydrogen (secondary N) is 3. The smallest absolute Gasteiger partial charge is 0.244 e. The lowest BCUT2D eigenvalue weighted by Gasteiger charge is -2.09. The highest BCUT2D eigenvalue weighted by Crippen LogP contribution is 2.23. The largest absolute Gasteiger partial charge is 0.338 e. The van der Waals surface area contributed by atoms with Crippen LogP contribution < -0.4 is 5.32 Å². The number of benzene rings is 3. The molecule has 0 aliphatic heterocycles. The number of fused-ring (bicyclic) bond motifs is 1. The Kier molecular flexibility index (Phi) is 5.30. The average molecular weight is 461 g/mol. The first-order chi connectivity index (χ1) is 15.6. The lowest BCUT2D eigenvalue weighted by molar-refractivity contribution is -0.116. The number of H-pyrrole nitrogens is 2. The van der Waals surface area contributed by atoms with Gasteiger partial charge in [0.2, 0.25) is 5.91 Å². The number of amides is 1. The molecule has 2 heterocycles. The van der Waals surface area contributed by atoms with Crippen LogP contribution in [0.5, 0.6) is 0 Å². The van der Waals surface area contributed by atoms with E-state index in [-0.39, 0.29) is 12.5 Å². The van der Waals surface area contributed by atoms with Crippen molar-refractivity contribution >= 4 is 46.4 Å². The number of para-hydroxylation sites is 2. The predicted octanol–water partition coefficient (Wildman–Crippen LogP) is 5.44. The minimum absolute atomic E-state index is 0.0264. The molecule has 3 aromatic carbocycles. The third kappa shape index (κ3) is 4.05. The monoisotopic (exact) mass is 460 g/mol. The summed E-state index contributed by atoms with van der Waals surface area (Å²) in [5.74, 6) is 1.14. The van der Waals surface area contributed by atoms with E-state index in [1.54, 1.807) is 16.7 Å². The van der Waals surface area contributed by atoms with Crippen LogP contribution in [0.2, 0.25) is 5.02 Å². The summed E-state index contributed by atoms with van der Waals surface area (Å²) in [6.45, 7) is 0.0264. The zero-order chi connectivity index (χ0) is 22.1. The van der Waals surface area contributed by atoms with E-state index in [4.69, 9.17) is 23.8 Å². The molecule has 5 rings (SSSR count). The standard InChI is InChI=1S/C23H17ClN6OS/c24-16-9-5-15(6-10-16)22-28-29-23(32)30(22)13-20(31)25-17-11-7-14(8-12-17)21-26-18-3-1-2-4-19(18)27-21/h1-12H,13H2,(H,25,31)(H,26,27)(H,29,32). The van der Waals surface area contributed by atoms with E-state index in [1.807, 2.05) is 60.7 Å². The van der Waals surface area contributed by atoms with E-state index < -0.39 is 0 Å². The van der Waals surface area contributed by atoms with Gasteiger partial charge in [-0.25, -0.2) is 4.98 Å². The summed E-state index contributed by atoms with van der Waals surface area (Å²) >= 11 is 11.3. The molecule has 7 nitrogen and oxygen atoms in total. The van der Waals surface area contributed by atoms with Gasteiger partial charge in [-0.3, -0.25) is 14.5 Å². The van der Waals surface area contributed by atoms with Crippen LogP contribution in [-0.2, 0) is 11.3 Å². The second kappa shape index (κ2) is 8.41. The van der Waals surface area contributed by atoms with Crippen LogP contribution in [0, 0.1) is 4.77 Å². The maximum atomic E-state index is 12.7. The Hall–Kier alpha value is -3.75. The molecule has 0 radical (unpaired) electrons. The van der Waals surface area contributed by atoms with Gasteiger partial charge in [-0.15, -0.1) is 0 Å². The second-order valence-electron chi connectivity index (χ2n) is 7.17. The molecule has 32 heavy (non-hydrogen) atoms. The first-order valence-electron chi connectivity index (χ1n) is 9.83. The summed E-state index contributed by atoms with van der Waals surface area (Å²) in [5, 5.41) is 10.5. The van der Waals surface area contributed by atoms with Crippen molar-refractivity contribution in [3.8, 4) is 22.8 Å². The number of rotatable bonds is 5. The molecule has 0 atom stereocenters. The first-order valence-corrected chi connectivity index (χ1v) is 10.6. The third-order valence-corrected chi connectivity index (χ3v) is 5.56. The number of aromatic amines is 2. The van der Waals surface area contributed by atoms with Crippen molar-refractivity contribution < 1.29 is 4.79 Å². The minimum atomic E-state index is -0.214. The van der Waals surface area contributed by atoms with E-state index >= 15 is 0 Å². The van der Waals surface area contributed by atoms with E-state index in [0.717, 1.165) is 28.0 Å². The molecular weight excluding hydrogens is 444 g/mol. The van der Waals surface area contributed by atoms with Crippen LogP contribution in [0.3, 0.4) is 0 Å². The van der Waals surface area contributed by atoms with Crippen molar-refractivity contribution in [2.24, 2.45) is 0 Å². The molecule has 0 fully saturated rings. The highest BCUT2D eigenvalue weighted by Gasteiger charge is 2.13. The molecule has 0 spiro atoms. The second-order valence-corrected chi connectivity index (χ2v) is 8.00. The average Bonchev–Trinajstić information content (AvgIpc) is 3.39. The molecule has 2 aromatic heterocycles. The maximum absolute atomic E-state index is 12.7. The molecule has 0 aliphatic carbocycles. The third-order valence-electron chi connectivity index (χ3n) is 4.99. The molecule has 9 heteroatoms. The number of aromatic nitrogens is 5. The maximum Gasteiger partial charge on any atom is 0.244 e. The van der Waals surface area contributed by atoms with Crippen LogP contribution in [0.15, 0.2) is 72.8 Å². The molecule has 0 bridgehead atoms. The summed E-state index contributed by atoms with van der Waals surface area (Å²) in [5.41, 5.74) is 4.31. The van der Waals surface area contributed by atoms with Crippen molar-refractivity contribution in [1.82, 2.24) is 24.7 Å². The number of halogens is 1. The number of hydrogen-bond acceptors (Lipinski definition) is 4. The lowest BCUT2D eigenvalue weighted by Crippen LogP contribution is -2.19. The number of carbonyl (C=O) groups excluding carboxylic acids is 1. The fourth-order valence-electron chi connectivity index (χ4n) is 3.43. The first kappa shape index (κ1) is 20.2. The molecule has 0 aliphatic rings. The molecule has 158 valence electrons. The highest BCUT2D eigenvalue weighted by molar-refractivity contribution is 7.71. The van der Waals surface area contributed by atoms with Gasteiger partial charge in [0.15, 0.2) is 10.6 Å². The summed E-state index contributed by atoms with van der Waals surface area (Å²) in [6, 6.07) is 22.6. The molecule has 0 unspecified atom stereocenters. The van der Waals surface area contributed by atoms with Gasteiger partial charge in [-0.1, -0.05) is 23.7 Å². The van der Waals surface area contributed by atoms with Crippen molar-refractivity contribution in [3.05, 3.63) is 82.6 Å². The quantitative estimate of drug-likeness (QED) is 0.304. The Morgan fingerprint density at radius 1 is 1.00 bits per heavy atom. The van der Waals surface area contributed by atoms with Crippen molar-refractivity contribution in [2.75, 3.05) is 5.32 Å².